The molecule has 0 fully saturated rings. The summed E-state index contributed by atoms with van der Waals surface area (Å²) in [6.45, 7) is 1.88. The summed E-state index contributed by atoms with van der Waals surface area (Å²) in [6.07, 6.45) is 6.62. The molecule has 0 bridgehead atoms. The molecule has 3 heterocycles. The molecule has 0 spiro atoms. The van der Waals surface area contributed by atoms with E-state index in [2.05, 4.69) is 25.2 Å². The molecule has 0 radical (unpaired) electrons. The molecule has 23 heavy (non-hydrogen) atoms. The molecule has 2 aromatic heterocycles. The lowest BCUT2D eigenvalue weighted by atomic mass is 10.1. The minimum atomic E-state index is 0.0697. The number of hydrogen-bond acceptors (Lipinski definition) is 5. The van der Waals surface area contributed by atoms with Gasteiger partial charge in [0, 0.05) is 51.5 Å². The maximum absolute atomic E-state index is 12.1. The van der Waals surface area contributed by atoms with E-state index in [0.29, 0.717) is 19.6 Å². The molecule has 0 aromatic carbocycles. The quantitative estimate of drug-likeness (QED) is 0.839. The van der Waals surface area contributed by atoms with Crippen LogP contribution in [0.3, 0.4) is 0 Å². The number of methoxy groups -OCH3 is 1. The number of fused-ring (bicyclic) bond motifs is 1. The number of nitrogens with one attached hydrogen (secondary N) is 1. The first-order valence-electron chi connectivity index (χ1n) is 7.93. The van der Waals surface area contributed by atoms with Crippen molar-refractivity contribution >= 4 is 5.91 Å². The summed E-state index contributed by atoms with van der Waals surface area (Å²) in [5.74, 6) is 1.90. The fourth-order valence-corrected chi connectivity index (χ4v) is 2.88. The van der Waals surface area contributed by atoms with E-state index in [1.807, 2.05) is 12.3 Å². The van der Waals surface area contributed by atoms with Gasteiger partial charge in [-0.05, 0) is 18.9 Å². The molecule has 8 heteroatoms. The monoisotopic (exact) mass is 318 g/mol. The number of aromatic nitrogens is 5. The second kappa shape index (κ2) is 7.36. The topological polar surface area (TPSA) is 86.9 Å². The third-order valence-electron chi connectivity index (χ3n) is 4.09. The molecule has 2 aromatic rings. The fraction of sp³-hybridized carbons (Fsp3) is 0.600. The van der Waals surface area contributed by atoms with Gasteiger partial charge in [0.25, 0.3) is 0 Å². The predicted molar refractivity (Wildman–Crippen MR) is 82.4 cm³/mol. The lowest BCUT2D eigenvalue weighted by molar-refractivity contribution is -0.122. The number of amides is 1. The molecule has 124 valence electrons. The van der Waals surface area contributed by atoms with Crippen molar-refractivity contribution in [2.45, 2.75) is 51.4 Å². The lowest BCUT2D eigenvalue weighted by Gasteiger charge is -2.16. The second-order valence-corrected chi connectivity index (χ2v) is 5.73. The van der Waals surface area contributed by atoms with Gasteiger partial charge in [0.05, 0.1) is 0 Å². The summed E-state index contributed by atoms with van der Waals surface area (Å²) in [5.41, 5.74) is 0. The highest BCUT2D eigenvalue weighted by Gasteiger charge is 2.21. The van der Waals surface area contributed by atoms with E-state index >= 15 is 0 Å². The molecule has 8 nitrogen and oxygen atoms in total. The number of nitrogens with zero attached hydrogens (tertiary/aromatic N) is 5. The summed E-state index contributed by atoms with van der Waals surface area (Å²) >= 11 is 0. The van der Waals surface area contributed by atoms with E-state index in [1.165, 1.54) is 0 Å². The SMILES string of the molecule is COCc1nnc2n1CCC(NC(=O)CCn1cccn1)CC2. The van der Waals surface area contributed by atoms with E-state index in [4.69, 9.17) is 4.74 Å². The molecule has 0 aliphatic carbocycles. The molecule has 1 amide bonds. The third-order valence-corrected chi connectivity index (χ3v) is 4.09. The number of carbonyl (C=O) groups excluding carboxylic acids is 1. The molecule has 1 atom stereocenters. The summed E-state index contributed by atoms with van der Waals surface area (Å²) in [6, 6.07) is 2.04. The summed E-state index contributed by atoms with van der Waals surface area (Å²) in [5, 5.41) is 15.6. The van der Waals surface area contributed by atoms with Crippen LogP contribution in [0.5, 0.6) is 0 Å². The highest BCUT2D eigenvalue weighted by atomic mass is 16.5. The van der Waals surface area contributed by atoms with E-state index in [9.17, 15) is 4.79 Å². The Labute approximate surface area is 134 Å². The number of aryl methyl sites for hydroxylation is 2. The van der Waals surface area contributed by atoms with Crippen LogP contribution in [0.4, 0.5) is 0 Å². The molecule has 0 saturated carbocycles. The molecule has 0 saturated heterocycles. The van der Waals surface area contributed by atoms with Gasteiger partial charge in [-0.1, -0.05) is 0 Å². The largest absolute Gasteiger partial charge is 0.377 e. The Bertz CT molecular complexity index is 636. The molecule has 1 N–H and O–H groups in total. The van der Waals surface area contributed by atoms with Crippen molar-refractivity contribution in [3.05, 3.63) is 30.1 Å². The van der Waals surface area contributed by atoms with Crippen molar-refractivity contribution in [3.8, 4) is 0 Å². The van der Waals surface area contributed by atoms with Gasteiger partial charge >= 0.3 is 0 Å². The zero-order valence-corrected chi connectivity index (χ0v) is 13.3. The Morgan fingerprint density at radius 3 is 3.13 bits per heavy atom. The Morgan fingerprint density at radius 1 is 1.43 bits per heavy atom. The van der Waals surface area contributed by atoms with Crippen LogP contribution in [0, 0.1) is 0 Å². The molecular formula is C15H22N6O2. The van der Waals surface area contributed by atoms with Gasteiger partial charge in [0.2, 0.25) is 5.91 Å². The summed E-state index contributed by atoms with van der Waals surface area (Å²) < 4.78 is 9.03. The molecule has 3 rings (SSSR count). The Morgan fingerprint density at radius 2 is 2.35 bits per heavy atom. The highest BCUT2D eigenvalue weighted by molar-refractivity contribution is 5.76. The van der Waals surface area contributed by atoms with Crippen molar-refractivity contribution < 1.29 is 9.53 Å². The van der Waals surface area contributed by atoms with Crippen LogP contribution in [0.2, 0.25) is 0 Å². The van der Waals surface area contributed by atoms with E-state index in [1.54, 1.807) is 18.0 Å². The average molecular weight is 318 g/mol. The molecule has 1 aliphatic heterocycles. The van der Waals surface area contributed by atoms with Crippen LogP contribution in [-0.2, 0) is 35.6 Å². The van der Waals surface area contributed by atoms with E-state index in [0.717, 1.165) is 37.5 Å². The van der Waals surface area contributed by atoms with Crippen molar-refractivity contribution in [1.82, 2.24) is 29.9 Å². The van der Waals surface area contributed by atoms with Gasteiger partial charge in [-0.25, -0.2) is 0 Å². The second-order valence-electron chi connectivity index (χ2n) is 5.73. The van der Waals surface area contributed by atoms with Crippen molar-refractivity contribution in [1.29, 1.82) is 0 Å². The fourth-order valence-electron chi connectivity index (χ4n) is 2.88. The Hall–Kier alpha value is -2.22. The van der Waals surface area contributed by atoms with Gasteiger partial charge in [-0.15, -0.1) is 10.2 Å². The first-order valence-corrected chi connectivity index (χ1v) is 7.93. The zero-order valence-electron chi connectivity index (χ0n) is 13.3. The van der Waals surface area contributed by atoms with Crippen molar-refractivity contribution in [3.63, 3.8) is 0 Å². The van der Waals surface area contributed by atoms with Crippen LogP contribution in [0.15, 0.2) is 18.5 Å². The van der Waals surface area contributed by atoms with Gasteiger partial charge in [0.1, 0.15) is 12.4 Å². The van der Waals surface area contributed by atoms with Crippen LogP contribution in [0.25, 0.3) is 0 Å². The van der Waals surface area contributed by atoms with Crippen LogP contribution < -0.4 is 5.32 Å². The Kier molecular flexibility index (Phi) is 5.02. The smallest absolute Gasteiger partial charge is 0.222 e. The van der Waals surface area contributed by atoms with Crippen LogP contribution in [-0.4, -0.2) is 43.6 Å². The third kappa shape index (κ3) is 3.95. The number of hydrogen-bond donors (Lipinski definition) is 1. The lowest BCUT2D eigenvalue weighted by Crippen LogP contribution is -2.35. The van der Waals surface area contributed by atoms with Crippen molar-refractivity contribution in [2.24, 2.45) is 0 Å². The Balaban J connectivity index is 1.50. The number of rotatable bonds is 6. The average Bonchev–Trinajstić information content (AvgIpc) is 3.14. The molecule has 1 unspecified atom stereocenters. The minimum absolute atomic E-state index is 0.0697. The number of ether oxygens (including phenoxy) is 1. The summed E-state index contributed by atoms with van der Waals surface area (Å²) in [7, 11) is 1.65. The van der Waals surface area contributed by atoms with E-state index in [-0.39, 0.29) is 11.9 Å². The summed E-state index contributed by atoms with van der Waals surface area (Å²) in [4.78, 5) is 12.1. The van der Waals surface area contributed by atoms with Crippen molar-refractivity contribution in [2.75, 3.05) is 7.11 Å². The van der Waals surface area contributed by atoms with E-state index < -0.39 is 0 Å². The normalized spacial score (nSPS) is 17.5. The zero-order chi connectivity index (χ0) is 16.1. The highest BCUT2D eigenvalue weighted by Crippen LogP contribution is 2.16. The van der Waals surface area contributed by atoms with Gasteiger partial charge < -0.3 is 14.6 Å². The number of carbonyl (C=O) groups is 1. The first-order chi connectivity index (χ1) is 11.3. The predicted octanol–water partition coefficient (Wildman–Crippen LogP) is 0.532. The molecular weight excluding hydrogens is 296 g/mol. The van der Waals surface area contributed by atoms with Crippen LogP contribution >= 0.6 is 0 Å². The first kappa shape index (κ1) is 15.7. The maximum Gasteiger partial charge on any atom is 0.222 e. The molecule has 1 aliphatic rings. The van der Waals surface area contributed by atoms with Crippen LogP contribution in [0.1, 0.15) is 30.9 Å². The standard InChI is InChI=1S/C15H22N6O2/c1-23-11-14-19-18-13-4-3-12(5-10-21(13)14)17-15(22)6-9-20-8-2-7-16-20/h2,7-8,12H,3-6,9-11H2,1H3,(H,17,22). The van der Waals surface area contributed by atoms with Gasteiger partial charge in [-0.2, -0.15) is 5.10 Å². The van der Waals surface area contributed by atoms with Gasteiger partial charge in [-0.3, -0.25) is 9.48 Å². The maximum atomic E-state index is 12.1. The van der Waals surface area contributed by atoms with Gasteiger partial charge in [0.15, 0.2) is 5.82 Å². The minimum Gasteiger partial charge on any atom is -0.377 e.